The van der Waals surface area contributed by atoms with Crippen LogP contribution >= 0.6 is 11.3 Å². The molecule has 14 heavy (non-hydrogen) atoms. The Hall–Kier alpha value is -1.62. The van der Waals surface area contributed by atoms with Gasteiger partial charge in [0.2, 0.25) is 0 Å². The normalized spacial score (nSPS) is 10.0. The maximum atomic E-state index is 11.6. The van der Waals surface area contributed by atoms with Gasteiger partial charge < -0.3 is 0 Å². The van der Waals surface area contributed by atoms with Gasteiger partial charge in [0.25, 0.3) is 0 Å². The van der Waals surface area contributed by atoms with Crippen LogP contribution in [0.15, 0.2) is 30.2 Å². The molecule has 5 heteroatoms. The highest BCUT2D eigenvalue weighted by molar-refractivity contribution is 7.09. The van der Waals surface area contributed by atoms with Crippen LogP contribution in [0.4, 0.5) is 0 Å². The van der Waals surface area contributed by atoms with Crippen LogP contribution in [0.1, 0.15) is 15.5 Å². The molecule has 0 atom stereocenters. The third-order valence-electron chi connectivity index (χ3n) is 1.66. The Morgan fingerprint density at radius 2 is 2.29 bits per heavy atom. The number of Topliss-reactive ketones (excluding diaryl/α,β-unsaturated/α-hetero) is 1. The van der Waals surface area contributed by atoms with Crippen molar-refractivity contribution in [1.29, 1.82) is 0 Å². The summed E-state index contributed by atoms with van der Waals surface area (Å²) in [5.74, 6) is -0.0256. The van der Waals surface area contributed by atoms with Crippen LogP contribution in [0, 0.1) is 0 Å². The van der Waals surface area contributed by atoms with Crippen LogP contribution in [0.5, 0.6) is 0 Å². The fourth-order valence-electron chi connectivity index (χ4n) is 1.02. The third kappa shape index (κ3) is 2.00. The van der Waals surface area contributed by atoms with E-state index in [4.69, 9.17) is 0 Å². The van der Waals surface area contributed by atoms with Crippen molar-refractivity contribution >= 4 is 17.1 Å². The number of hydrogen-bond donors (Lipinski definition) is 0. The van der Waals surface area contributed by atoms with Gasteiger partial charge in [0, 0.05) is 17.8 Å². The molecule has 0 saturated heterocycles. The maximum Gasteiger partial charge on any atom is 0.188 e. The van der Waals surface area contributed by atoms with Crippen molar-refractivity contribution in [2.45, 2.75) is 6.42 Å². The minimum atomic E-state index is -0.0256. The van der Waals surface area contributed by atoms with Crippen molar-refractivity contribution in [3.63, 3.8) is 0 Å². The summed E-state index contributed by atoms with van der Waals surface area (Å²) < 4.78 is 0. The second kappa shape index (κ2) is 4.06. The van der Waals surface area contributed by atoms with Crippen LogP contribution in [0.3, 0.4) is 0 Å². The zero-order valence-electron chi connectivity index (χ0n) is 7.25. The summed E-state index contributed by atoms with van der Waals surface area (Å²) in [6, 6.07) is 1.61. The molecule has 0 bridgehead atoms. The monoisotopic (exact) mass is 205 g/mol. The number of carbonyl (C=O) groups is 1. The summed E-state index contributed by atoms with van der Waals surface area (Å²) in [4.78, 5) is 23.2. The zero-order chi connectivity index (χ0) is 9.80. The molecule has 0 aliphatic heterocycles. The number of ketones is 1. The Labute approximate surface area is 84.7 Å². The first kappa shape index (κ1) is 8.96. The zero-order valence-corrected chi connectivity index (χ0v) is 8.07. The molecule has 2 aromatic heterocycles. The van der Waals surface area contributed by atoms with Crippen LogP contribution < -0.4 is 0 Å². The molecule has 0 radical (unpaired) electrons. The Bertz CT molecular complexity index is 413. The quantitative estimate of drug-likeness (QED) is 0.710. The molecule has 0 spiro atoms. The van der Waals surface area contributed by atoms with E-state index >= 15 is 0 Å². The van der Waals surface area contributed by atoms with Crippen LogP contribution in [-0.4, -0.2) is 20.7 Å². The standard InChI is InChI=1S/C9H7N3OS/c13-8(5-9-11-3-4-14-9)7-1-2-10-6-12-7/h1-4,6H,5H2. The van der Waals surface area contributed by atoms with E-state index in [1.807, 2.05) is 5.38 Å². The van der Waals surface area contributed by atoms with Crippen LogP contribution in [0.2, 0.25) is 0 Å². The Balaban J connectivity index is 2.11. The summed E-state index contributed by atoms with van der Waals surface area (Å²) in [6.45, 7) is 0. The lowest BCUT2D eigenvalue weighted by Crippen LogP contribution is -2.05. The molecule has 2 rings (SSSR count). The van der Waals surface area contributed by atoms with Gasteiger partial charge in [-0.15, -0.1) is 11.3 Å². The molecule has 0 aliphatic carbocycles. The van der Waals surface area contributed by atoms with Crippen molar-refractivity contribution in [3.8, 4) is 0 Å². The van der Waals surface area contributed by atoms with E-state index in [1.54, 1.807) is 18.5 Å². The number of aromatic nitrogens is 3. The molecule has 0 unspecified atom stereocenters. The van der Waals surface area contributed by atoms with Gasteiger partial charge in [-0.05, 0) is 6.07 Å². The predicted octanol–water partition coefficient (Wildman–Crippen LogP) is 1.36. The first-order valence-electron chi connectivity index (χ1n) is 4.04. The van der Waals surface area contributed by atoms with E-state index in [0.29, 0.717) is 12.1 Å². The minimum absolute atomic E-state index is 0.0256. The molecule has 70 valence electrons. The lowest BCUT2D eigenvalue weighted by molar-refractivity contribution is 0.0988. The minimum Gasteiger partial charge on any atom is -0.292 e. The molecule has 0 N–H and O–H groups in total. The molecular formula is C9H7N3OS. The van der Waals surface area contributed by atoms with Crippen molar-refractivity contribution < 1.29 is 4.79 Å². The highest BCUT2D eigenvalue weighted by Crippen LogP contribution is 2.07. The number of rotatable bonds is 3. The molecular weight excluding hydrogens is 198 g/mol. The van der Waals surface area contributed by atoms with Crippen molar-refractivity contribution in [3.05, 3.63) is 40.9 Å². The van der Waals surface area contributed by atoms with Gasteiger partial charge >= 0.3 is 0 Å². The summed E-state index contributed by atoms with van der Waals surface area (Å²) in [5.41, 5.74) is 0.440. The largest absolute Gasteiger partial charge is 0.292 e. The average molecular weight is 205 g/mol. The Morgan fingerprint density at radius 1 is 1.36 bits per heavy atom. The molecule has 4 nitrogen and oxygen atoms in total. The summed E-state index contributed by atoms with van der Waals surface area (Å²) in [6.07, 6.45) is 4.93. The Morgan fingerprint density at radius 3 is 2.93 bits per heavy atom. The fraction of sp³-hybridized carbons (Fsp3) is 0.111. The van der Waals surface area contributed by atoms with Gasteiger partial charge in [-0.3, -0.25) is 4.79 Å². The lowest BCUT2D eigenvalue weighted by atomic mass is 10.2. The molecule has 0 amide bonds. The van der Waals surface area contributed by atoms with Gasteiger partial charge in [-0.1, -0.05) is 0 Å². The van der Waals surface area contributed by atoms with E-state index in [1.165, 1.54) is 17.7 Å². The van der Waals surface area contributed by atoms with E-state index in [2.05, 4.69) is 15.0 Å². The van der Waals surface area contributed by atoms with Gasteiger partial charge in [0.05, 0.1) is 6.42 Å². The maximum absolute atomic E-state index is 11.6. The first-order valence-corrected chi connectivity index (χ1v) is 4.92. The second-order valence-electron chi connectivity index (χ2n) is 2.62. The molecule has 0 saturated carbocycles. The van der Waals surface area contributed by atoms with E-state index < -0.39 is 0 Å². The van der Waals surface area contributed by atoms with Crippen LogP contribution in [-0.2, 0) is 6.42 Å². The van der Waals surface area contributed by atoms with Crippen LogP contribution in [0.25, 0.3) is 0 Å². The number of nitrogens with zero attached hydrogens (tertiary/aromatic N) is 3. The van der Waals surface area contributed by atoms with Crippen molar-refractivity contribution in [2.75, 3.05) is 0 Å². The highest BCUT2D eigenvalue weighted by atomic mass is 32.1. The van der Waals surface area contributed by atoms with Gasteiger partial charge in [0.1, 0.15) is 17.0 Å². The van der Waals surface area contributed by atoms with Gasteiger partial charge in [-0.2, -0.15) is 0 Å². The van der Waals surface area contributed by atoms with Gasteiger partial charge in [0.15, 0.2) is 5.78 Å². The summed E-state index contributed by atoms with van der Waals surface area (Å²) in [5, 5.41) is 2.66. The van der Waals surface area contributed by atoms with E-state index in [0.717, 1.165) is 5.01 Å². The van der Waals surface area contributed by atoms with Gasteiger partial charge in [-0.25, -0.2) is 15.0 Å². The third-order valence-corrected chi connectivity index (χ3v) is 2.44. The van der Waals surface area contributed by atoms with Crippen molar-refractivity contribution in [2.24, 2.45) is 0 Å². The highest BCUT2D eigenvalue weighted by Gasteiger charge is 2.09. The SMILES string of the molecule is O=C(Cc1nccs1)c1ccncn1. The first-order chi connectivity index (χ1) is 6.86. The van der Waals surface area contributed by atoms with E-state index in [9.17, 15) is 4.79 Å². The number of hydrogen-bond acceptors (Lipinski definition) is 5. The Kier molecular flexibility index (Phi) is 2.60. The number of carbonyl (C=O) groups excluding carboxylic acids is 1. The average Bonchev–Trinajstić information content (AvgIpc) is 2.72. The second-order valence-corrected chi connectivity index (χ2v) is 3.60. The lowest BCUT2D eigenvalue weighted by Gasteiger charge is -1.95. The molecule has 0 aromatic carbocycles. The molecule has 0 fully saturated rings. The smallest absolute Gasteiger partial charge is 0.188 e. The molecule has 0 aliphatic rings. The van der Waals surface area contributed by atoms with E-state index in [-0.39, 0.29) is 5.78 Å². The topological polar surface area (TPSA) is 55.7 Å². The molecule has 2 aromatic rings. The predicted molar refractivity (Wildman–Crippen MR) is 52.2 cm³/mol. The van der Waals surface area contributed by atoms with Crippen molar-refractivity contribution in [1.82, 2.24) is 15.0 Å². The summed E-state index contributed by atoms with van der Waals surface area (Å²) in [7, 11) is 0. The fourth-order valence-corrected chi connectivity index (χ4v) is 1.64. The molecule has 2 heterocycles. The summed E-state index contributed by atoms with van der Waals surface area (Å²) >= 11 is 1.47. The number of thiazole rings is 1.